The fourth-order valence-electron chi connectivity index (χ4n) is 1.43. The molecule has 1 amide bonds. The number of carbonyl (C=O) groups excluding carboxylic acids is 1. The van der Waals surface area contributed by atoms with Gasteiger partial charge >= 0.3 is 0 Å². The van der Waals surface area contributed by atoms with Crippen LogP contribution in [0.5, 0.6) is 11.5 Å². The summed E-state index contributed by atoms with van der Waals surface area (Å²) in [4.78, 5) is 13.7. The molecule has 0 spiro atoms. The summed E-state index contributed by atoms with van der Waals surface area (Å²) in [7, 11) is 1.66. The second kappa shape index (κ2) is 4.65. The fourth-order valence-corrected chi connectivity index (χ4v) is 1.43. The van der Waals surface area contributed by atoms with Gasteiger partial charge in [0.25, 0.3) is 5.91 Å². The Morgan fingerprint density at radius 1 is 1.29 bits per heavy atom. The van der Waals surface area contributed by atoms with Gasteiger partial charge in [-0.1, -0.05) is 13.0 Å². The predicted molar refractivity (Wildman–Crippen MR) is 66.2 cm³/mol. The van der Waals surface area contributed by atoms with Crippen LogP contribution in [0.3, 0.4) is 0 Å². The number of benzene rings is 1. The van der Waals surface area contributed by atoms with Crippen LogP contribution in [0.2, 0.25) is 0 Å². The quantitative estimate of drug-likeness (QED) is 0.848. The Morgan fingerprint density at radius 3 is 2.18 bits per heavy atom. The molecule has 0 heterocycles. The van der Waals surface area contributed by atoms with Gasteiger partial charge in [-0.25, -0.2) is 0 Å². The summed E-state index contributed by atoms with van der Waals surface area (Å²) in [6.07, 6.45) is 0.781. The minimum atomic E-state index is -0.382. The van der Waals surface area contributed by atoms with E-state index in [2.05, 4.69) is 0 Å². The van der Waals surface area contributed by atoms with Crippen molar-refractivity contribution >= 4 is 5.91 Å². The minimum Gasteiger partial charge on any atom is -0.507 e. The van der Waals surface area contributed by atoms with Crippen LogP contribution in [0.25, 0.3) is 0 Å². The molecule has 0 aliphatic heterocycles. The van der Waals surface area contributed by atoms with Gasteiger partial charge in [-0.3, -0.25) is 4.79 Å². The third kappa shape index (κ3) is 2.52. The number of nitrogens with zero attached hydrogens (tertiary/aromatic N) is 1. The number of hydrogen-bond acceptors (Lipinski definition) is 3. The predicted octanol–water partition coefficient (Wildman–Crippen LogP) is 2.36. The zero-order chi connectivity index (χ0) is 13.2. The molecule has 0 aliphatic carbocycles. The maximum atomic E-state index is 12.2. The number of rotatable bonds is 3. The molecule has 4 nitrogen and oxygen atoms in total. The van der Waals surface area contributed by atoms with E-state index in [-0.39, 0.29) is 28.5 Å². The van der Waals surface area contributed by atoms with Crippen LogP contribution in [0.1, 0.15) is 37.6 Å². The molecule has 0 unspecified atom stereocenters. The third-order valence-corrected chi connectivity index (χ3v) is 3.31. The van der Waals surface area contributed by atoms with Gasteiger partial charge in [-0.15, -0.1) is 0 Å². The van der Waals surface area contributed by atoms with E-state index >= 15 is 0 Å². The van der Waals surface area contributed by atoms with Crippen LogP contribution < -0.4 is 0 Å². The van der Waals surface area contributed by atoms with Crippen molar-refractivity contribution in [1.29, 1.82) is 0 Å². The number of carbonyl (C=O) groups is 1. The maximum Gasteiger partial charge on any atom is 0.261 e. The zero-order valence-electron chi connectivity index (χ0n) is 10.7. The highest BCUT2D eigenvalue weighted by molar-refractivity contribution is 5.99. The Morgan fingerprint density at radius 2 is 1.76 bits per heavy atom. The van der Waals surface area contributed by atoms with Gasteiger partial charge in [0.05, 0.1) is 0 Å². The van der Waals surface area contributed by atoms with Crippen LogP contribution in [0.15, 0.2) is 18.2 Å². The Hall–Kier alpha value is -1.71. The number of aromatic hydroxyl groups is 2. The molecule has 1 rings (SSSR count). The summed E-state index contributed by atoms with van der Waals surface area (Å²) < 4.78 is 0. The average molecular weight is 237 g/mol. The molecule has 0 aliphatic rings. The van der Waals surface area contributed by atoms with Crippen molar-refractivity contribution < 1.29 is 15.0 Å². The standard InChI is InChI=1S/C13H19NO3/c1-5-13(2,3)14(4)12(17)11-9(15)7-6-8-10(11)16/h6-8,15-16H,5H2,1-4H3. The number of phenolic OH excluding ortho intramolecular Hbond substituents is 2. The monoisotopic (exact) mass is 237 g/mol. The zero-order valence-corrected chi connectivity index (χ0v) is 10.7. The summed E-state index contributed by atoms with van der Waals surface area (Å²) in [6, 6.07) is 4.27. The number of hydrogen-bond donors (Lipinski definition) is 2. The van der Waals surface area contributed by atoms with Crippen molar-refractivity contribution in [3.05, 3.63) is 23.8 Å². The first-order chi connectivity index (χ1) is 7.81. The molecule has 0 atom stereocenters. The first-order valence-electron chi connectivity index (χ1n) is 5.60. The van der Waals surface area contributed by atoms with E-state index in [0.29, 0.717) is 0 Å². The van der Waals surface area contributed by atoms with Gasteiger partial charge in [0.1, 0.15) is 17.1 Å². The van der Waals surface area contributed by atoms with Crippen LogP contribution in [0.4, 0.5) is 0 Å². The minimum absolute atomic E-state index is 0.0449. The lowest BCUT2D eigenvalue weighted by atomic mass is 9.98. The van der Waals surface area contributed by atoms with Crippen molar-refractivity contribution in [2.24, 2.45) is 0 Å². The van der Waals surface area contributed by atoms with E-state index < -0.39 is 0 Å². The molecule has 4 heteroatoms. The molecule has 0 aromatic heterocycles. The van der Waals surface area contributed by atoms with E-state index in [4.69, 9.17) is 0 Å². The van der Waals surface area contributed by atoms with Gasteiger partial charge < -0.3 is 15.1 Å². The van der Waals surface area contributed by atoms with E-state index in [9.17, 15) is 15.0 Å². The fraction of sp³-hybridized carbons (Fsp3) is 0.462. The van der Waals surface area contributed by atoms with E-state index in [1.165, 1.54) is 23.1 Å². The molecule has 94 valence electrons. The average Bonchev–Trinajstić information content (AvgIpc) is 2.27. The maximum absolute atomic E-state index is 12.2. The lowest BCUT2D eigenvalue weighted by Crippen LogP contribution is -2.44. The Balaban J connectivity index is 3.14. The normalized spacial score (nSPS) is 11.3. The Kier molecular flexibility index (Phi) is 3.66. The molecular formula is C13H19NO3. The molecule has 1 aromatic carbocycles. The molecule has 1 aromatic rings. The summed E-state index contributed by atoms with van der Waals surface area (Å²) in [5, 5.41) is 19.3. The first-order valence-corrected chi connectivity index (χ1v) is 5.60. The second-order valence-electron chi connectivity index (χ2n) is 4.70. The van der Waals surface area contributed by atoms with E-state index in [1.807, 2.05) is 20.8 Å². The lowest BCUT2D eigenvalue weighted by molar-refractivity contribution is 0.0614. The SMILES string of the molecule is CCC(C)(C)N(C)C(=O)c1c(O)cccc1O. The van der Waals surface area contributed by atoms with Crippen molar-refractivity contribution in [3.8, 4) is 11.5 Å². The second-order valence-corrected chi connectivity index (χ2v) is 4.70. The van der Waals surface area contributed by atoms with Crippen LogP contribution in [-0.4, -0.2) is 33.6 Å². The van der Waals surface area contributed by atoms with Gasteiger partial charge in [-0.2, -0.15) is 0 Å². The summed E-state index contributed by atoms with van der Waals surface area (Å²) >= 11 is 0. The largest absolute Gasteiger partial charge is 0.507 e. The van der Waals surface area contributed by atoms with Crippen LogP contribution in [-0.2, 0) is 0 Å². The molecule has 0 bridgehead atoms. The van der Waals surface area contributed by atoms with Crippen molar-refractivity contribution in [1.82, 2.24) is 4.90 Å². The highest BCUT2D eigenvalue weighted by Crippen LogP contribution is 2.30. The molecule has 0 saturated heterocycles. The molecule has 17 heavy (non-hydrogen) atoms. The van der Waals surface area contributed by atoms with Gasteiger partial charge in [0.2, 0.25) is 0 Å². The molecule has 0 saturated carbocycles. The van der Waals surface area contributed by atoms with E-state index in [0.717, 1.165) is 6.42 Å². The summed E-state index contributed by atoms with van der Waals surface area (Å²) in [5.74, 6) is -0.782. The molecule has 0 fully saturated rings. The van der Waals surface area contributed by atoms with Crippen molar-refractivity contribution in [3.63, 3.8) is 0 Å². The van der Waals surface area contributed by atoms with Crippen molar-refractivity contribution in [2.45, 2.75) is 32.7 Å². The molecular weight excluding hydrogens is 218 g/mol. The third-order valence-electron chi connectivity index (χ3n) is 3.31. The highest BCUT2D eigenvalue weighted by Gasteiger charge is 2.29. The van der Waals surface area contributed by atoms with Gasteiger partial charge in [0, 0.05) is 12.6 Å². The van der Waals surface area contributed by atoms with Gasteiger partial charge in [-0.05, 0) is 32.4 Å². The summed E-state index contributed by atoms with van der Waals surface area (Å²) in [5.41, 5.74) is -0.372. The van der Waals surface area contributed by atoms with Gasteiger partial charge in [0.15, 0.2) is 0 Å². The Labute approximate surface area is 101 Å². The highest BCUT2D eigenvalue weighted by atomic mass is 16.3. The lowest BCUT2D eigenvalue weighted by Gasteiger charge is -2.35. The smallest absolute Gasteiger partial charge is 0.261 e. The van der Waals surface area contributed by atoms with E-state index in [1.54, 1.807) is 7.05 Å². The molecule has 2 N–H and O–H groups in total. The summed E-state index contributed by atoms with van der Waals surface area (Å²) in [6.45, 7) is 5.85. The Bertz CT molecular complexity index is 406. The number of phenols is 2. The topological polar surface area (TPSA) is 60.8 Å². The van der Waals surface area contributed by atoms with Crippen LogP contribution in [0, 0.1) is 0 Å². The van der Waals surface area contributed by atoms with Crippen molar-refractivity contribution in [2.75, 3.05) is 7.05 Å². The van der Waals surface area contributed by atoms with Crippen LogP contribution >= 0.6 is 0 Å². The first kappa shape index (κ1) is 13.4. The molecule has 0 radical (unpaired) electrons. The number of amides is 1.